The van der Waals surface area contributed by atoms with Gasteiger partial charge in [0.15, 0.2) is 4.32 Å². The zero-order valence-electron chi connectivity index (χ0n) is 16.3. The molecule has 0 unspecified atom stereocenters. The van der Waals surface area contributed by atoms with E-state index < -0.39 is 10.0 Å². The maximum atomic E-state index is 11.6. The molecule has 0 saturated heterocycles. The van der Waals surface area contributed by atoms with Gasteiger partial charge in [0.25, 0.3) is 0 Å². The lowest BCUT2D eigenvalue weighted by molar-refractivity contribution is 0.0205. The lowest BCUT2D eigenvalue weighted by Gasteiger charge is -2.11. The van der Waals surface area contributed by atoms with Gasteiger partial charge < -0.3 is 0 Å². The maximum Gasteiger partial charge on any atom is 0.238 e. The summed E-state index contributed by atoms with van der Waals surface area (Å²) in [6, 6.07) is 16.8. The third-order valence-corrected chi connectivity index (χ3v) is 8.06. The van der Waals surface area contributed by atoms with E-state index in [2.05, 4.69) is 17.5 Å². The van der Waals surface area contributed by atoms with Gasteiger partial charge in [-0.3, -0.25) is 5.21 Å². The standard InChI is InChI=1S/C21H22N2O3S4/c1-23(24)21(27)28-13-5-8-19-20(16-6-3-2-4-7-16)18(14-29-19)15-9-11-17(12-10-15)30(22,25)26/h2-4,6-7,9-12,14,24H,5,8,13H2,1H3,(H2,22,25,26). The minimum Gasteiger partial charge on any atom is -0.287 e. The van der Waals surface area contributed by atoms with Crippen LogP contribution in [0.5, 0.6) is 0 Å². The van der Waals surface area contributed by atoms with Crippen LogP contribution in [-0.4, -0.2) is 35.8 Å². The first-order chi connectivity index (χ1) is 14.3. The van der Waals surface area contributed by atoms with E-state index in [1.807, 2.05) is 18.2 Å². The van der Waals surface area contributed by atoms with Gasteiger partial charge in [0.2, 0.25) is 10.0 Å². The van der Waals surface area contributed by atoms with Crippen molar-refractivity contribution in [1.29, 1.82) is 0 Å². The Hall–Kier alpha value is -1.75. The van der Waals surface area contributed by atoms with Crippen LogP contribution in [0.4, 0.5) is 0 Å². The molecule has 3 aromatic rings. The Morgan fingerprint density at radius 3 is 2.40 bits per heavy atom. The smallest absolute Gasteiger partial charge is 0.238 e. The van der Waals surface area contributed by atoms with Gasteiger partial charge in [-0.2, -0.15) is 0 Å². The summed E-state index contributed by atoms with van der Waals surface area (Å²) in [7, 11) is -2.20. The molecule has 0 fully saturated rings. The summed E-state index contributed by atoms with van der Waals surface area (Å²) in [6.07, 6.45) is 1.80. The molecule has 0 spiro atoms. The lowest BCUT2D eigenvalue weighted by atomic mass is 9.96. The number of primary sulfonamides is 1. The first kappa shape index (κ1) is 22.9. The van der Waals surface area contributed by atoms with E-state index >= 15 is 0 Å². The molecule has 0 bridgehead atoms. The topological polar surface area (TPSA) is 83.6 Å². The van der Waals surface area contributed by atoms with Crippen molar-refractivity contribution in [3.05, 3.63) is 64.9 Å². The highest BCUT2D eigenvalue weighted by Crippen LogP contribution is 2.40. The van der Waals surface area contributed by atoms with Gasteiger partial charge in [-0.05, 0) is 41.5 Å². The minimum absolute atomic E-state index is 0.102. The summed E-state index contributed by atoms with van der Waals surface area (Å²) >= 11 is 8.26. The number of aryl methyl sites for hydroxylation is 1. The van der Waals surface area contributed by atoms with E-state index in [-0.39, 0.29) is 4.90 Å². The van der Waals surface area contributed by atoms with Crippen LogP contribution in [0, 0.1) is 0 Å². The molecule has 1 aromatic heterocycles. The first-order valence-corrected chi connectivity index (χ1v) is 13.0. The molecule has 0 saturated carbocycles. The molecule has 0 radical (unpaired) electrons. The summed E-state index contributed by atoms with van der Waals surface area (Å²) in [5, 5.41) is 17.7. The number of sulfonamides is 1. The highest BCUT2D eigenvalue weighted by atomic mass is 32.2. The van der Waals surface area contributed by atoms with Crippen molar-refractivity contribution in [2.75, 3.05) is 12.8 Å². The summed E-state index contributed by atoms with van der Waals surface area (Å²) in [5.41, 5.74) is 4.30. The number of nitrogens with zero attached hydrogens (tertiary/aromatic N) is 1. The molecule has 3 N–H and O–H groups in total. The van der Waals surface area contributed by atoms with E-state index in [1.54, 1.807) is 35.6 Å². The van der Waals surface area contributed by atoms with Crippen molar-refractivity contribution in [3.63, 3.8) is 0 Å². The average molecular weight is 479 g/mol. The van der Waals surface area contributed by atoms with Crippen LogP contribution in [0.3, 0.4) is 0 Å². The Morgan fingerprint density at radius 1 is 1.13 bits per heavy atom. The number of rotatable bonds is 7. The van der Waals surface area contributed by atoms with Gasteiger partial charge in [-0.25, -0.2) is 18.6 Å². The Balaban J connectivity index is 1.88. The van der Waals surface area contributed by atoms with E-state index in [1.165, 1.54) is 23.7 Å². The van der Waals surface area contributed by atoms with Crippen LogP contribution in [0.1, 0.15) is 11.3 Å². The van der Waals surface area contributed by atoms with Crippen LogP contribution in [-0.2, 0) is 16.4 Å². The van der Waals surface area contributed by atoms with Gasteiger partial charge in [0, 0.05) is 28.8 Å². The number of benzene rings is 2. The highest BCUT2D eigenvalue weighted by molar-refractivity contribution is 8.22. The fraction of sp³-hybridized carbons (Fsp3) is 0.190. The number of thiocarbonyl (C=S) groups is 1. The van der Waals surface area contributed by atoms with E-state index in [0.29, 0.717) is 4.32 Å². The summed E-state index contributed by atoms with van der Waals surface area (Å²) < 4.78 is 23.6. The van der Waals surface area contributed by atoms with Crippen LogP contribution < -0.4 is 5.14 Å². The van der Waals surface area contributed by atoms with Crippen molar-refractivity contribution in [2.24, 2.45) is 5.14 Å². The second-order valence-electron chi connectivity index (χ2n) is 6.62. The van der Waals surface area contributed by atoms with E-state index in [9.17, 15) is 13.6 Å². The number of thiophene rings is 1. The summed E-state index contributed by atoms with van der Waals surface area (Å²) in [5.74, 6) is 0.814. The normalized spacial score (nSPS) is 11.4. The van der Waals surface area contributed by atoms with Crippen molar-refractivity contribution in [1.82, 2.24) is 5.06 Å². The lowest BCUT2D eigenvalue weighted by Crippen LogP contribution is -2.17. The molecule has 0 aliphatic rings. The molecule has 9 heteroatoms. The second kappa shape index (κ2) is 10.0. The number of hydrogen-bond acceptors (Lipinski definition) is 6. The Labute approximate surface area is 190 Å². The third-order valence-electron chi connectivity index (χ3n) is 4.46. The average Bonchev–Trinajstić information content (AvgIpc) is 3.15. The van der Waals surface area contributed by atoms with Crippen molar-refractivity contribution >= 4 is 49.7 Å². The molecular formula is C21H22N2O3S4. The molecule has 1 heterocycles. The zero-order valence-corrected chi connectivity index (χ0v) is 19.6. The first-order valence-electron chi connectivity index (χ1n) is 9.16. The zero-order chi connectivity index (χ0) is 21.7. The van der Waals surface area contributed by atoms with Crippen molar-refractivity contribution in [2.45, 2.75) is 17.7 Å². The predicted octanol–water partition coefficient (Wildman–Crippen LogP) is 5.00. The van der Waals surface area contributed by atoms with E-state index in [4.69, 9.17) is 17.4 Å². The van der Waals surface area contributed by atoms with Crippen LogP contribution >= 0.6 is 35.3 Å². The summed E-state index contributed by atoms with van der Waals surface area (Å²) in [4.78, 5) is 1.36. The number of hydroxylamine groups is 2. The molecule has 158 valence electrons. The van der Waals surface area contributed by atoms with Crippen LogP contribution in [0.15, 0.2) is 64.9 Å². The van der Waals surface area contributed by atoms with Gasteiger partial charge in [0.05, 0.1) is 4.90 Å². The van der Waals surface area contributed by atoms with Crippen LogP contribution in [0.25, 0.3) is 22.3 Å². The SMILES string of the molecule is CN(O)C(=S)SCCCc1scc(-c2ccc(S(N)(=O)=O)cc2)c1-c1ccccc1. The fourth-order valence-corrected chi connectivity index (χ4v) is 5.56. The number of thioether (sulfide) groups is 1. The maximum absolute atomic E-state index is 11.6. The quantitative estimate of drug-likeness (QED) is 0.282. The van der Waals surface area contributed by atoms with Gasteiger partial charge in [-0.1, -0.05) is 66.4 Å². The molecule has 30 heavy (non-hydrogen) atoms. The minimum atomic E-state index is -3.72. The molecule has 0 aliphatic heterocycles. The van der Waals surface area contributed by atoms with Crippen molar-refractivity contribution in [3.8, 4) is 22.3 Å². The van der Waals surface area contributed by atoms with Crippen LogP contribution in [0.2, 0.25) is 0 Å². The monoisotopic (exact) mass is 478 g/mol. The number of nitrogens with two attached hydrogens (primary N) is 1. The second-order valence-corrected chi connectivity index (χ2v) is 10.9. The van der Waals surface area contributed by atoms with Gasteiger partial charge in [-0.15, -0.1) is 11.3 Å². The third kappa shape index (κ3) is 5.69. The van der Waals surface area contributed by atoms with Crippen molar-refractivity contribution < 1.29 is 13.6 Å². The Kier molecular flexibility index (Phi) is 7.67. The summed E-state index contributed by atoms with van der Waals surface area (Å²) in [6.45, 7) is 0. The molecule has 0 atom stereocenters. The number of hydrogen-bond donors (Lipinski definition) is 2. The predicted molar refractivity (Wildman–Crippen MR) is 129 cm³/mol. The molecule has 5 nitrogen and oxygen atoms in total. The Bertz CT molecular complexity index is 1110. The highest BCUT2D eigenvalue weighted by Gasteiger charge is 2.16. The van der Waals surface area contributed by atoms with E-state index in [0.717, 1.165) is 45.9 Å². The largest absolute Gasteiger partial charge is 0.287 e. The van der Waals surface area contributed by atoms with Gasteiger partial charge in [0.1, 0.15) is 0 Å². The Morgan fingerprint density at radius 2 is 1.80 bits per heavy atom. The fourth-order valence-electron chi connectivity index (χ4n) is 3.03. The molecule has 0 aliphatic carbocycles. The molecular weight excluding hydrogens is 457 g/mol. The molecule has 0 amide bonds. The van der Waals surface area contributed by atoms with Gasteiger partial charge >= 0.3 is 0 Å². The molecule has 3 rings (SSSR count). The molecule has 2 aromatic carbocycles.